The summed E-state index contributed by atoms with van der Waals surface area (Å²) in [6.45, 7) is 16.1. The summed E-state index contributed by atoms with van der Waals surface area (Å²) in [5, 5.41) is 47.0. The van der Waals surface area contributed by atoms with Gasteiger partial charge in [-0.15, -0.1) is 0 Å². The lowest BCUT2D eigenvalue weighted by Crippen LogP contribution is -2.72. The van der Waals surface area contributed by atoms with E-state index in [1.807, 2.05) is 20.8 Å². The minimum absolute atomic E-state index is 0.0176. The van der Waals surface area contributed by atoms with Crippen LogP contribution in [0.1, 0.15) is 127 Å². The quantitative estimate of drug-likeness (QED) is 0.115. The van der Waals surface area contributed by atoms with Crippen molar-refractivity contribution in [3.63, 3.8) is 0 Å². The topological polar surface area (TPSA) is 217 Å². The van der Waals surface area contributed by atoms with Crippen LogP contribution in [0.2, 0.25) is 0 Å². The van der Waals surface area contributed by atoms with E-state index in [9.17, 15) is 30.0 Å². The van der Waals surface area contributed by atoms with Gasteiger partial charge in [0, 0.05) is 46.7 Å². The van der Waals surface area contributed by atoms with Crippen LogP contribution in [-0.2, 0) is 61.7 Å². The molecule has 4 saturated carbocycles. The zero-order valence-corrected chi connectivity index (χ0v) is 41.2. The number of aliphatic hydroxyl groups excluding tert-OH is 2. The number of hydrogen-bond donors (Lipinski definition) is 4. The molecule has 7 fully saturated rings. The summed E-state index contributed by atoms with van der Waals surface area (Å²) in [7, 11) is 4.66. The molecule has 0 aromatic rings. The van der Waals surface area contributed by atoms with Crippen molar-refractivity contribution in [2.45, 2.75) is 236 Å². The van der Waals surface area contributed by atoms with E-state index in [4.69, 9.17) is 52.1 Å². The Balaban J connectivity index is 0.973. The van der Waals surface area contributed by atoms with E-state index in [1.54, 1.807) is 48.0 Å². The third kappa shape index (κ3) is 9.06. The summed E-state index contributed by atoms with van der Waals surface area (Å²) in [6.07, 6.45) is -3.22. The van der Waals surface area contributed by atoms with Gasteiger partial charge in [-0.1, -0.05) is 19.9 Å². The standard InChI is InChI=1S/C49H80O17/c1-13-24(2)44(53)62-28(6)48(54)18-19-49(55)32-15-14-30-20-31(16-17-46(30,8)33(32)21-36(47(48,49)9)63-29(7)50)64-37-22-34(56-10)41(26(4)59-37)65-38-23-35(57-11)42(27(5)60-38)66-45-40(52)43(58-12)39(51)25(3)61-45/h13,25-28,30-43,45,51-52,54-55H,14-23H2,1-12H3. The third-order valence-electron chi connectivity index (χ3n) is 17.9. The van der Waals surface area contributed by atoms with Crippen molar-refractivity contribution in [1.29, 1.82) is 0 Å². The SMILES string of the molecule is CC=C(C)C(=O)OC(C)C1(O)CCC2(O)C3CCC4CC(OC5CC(OC)C(OC6CC(OC)C(OC7OC(C)C(O)C(OC)C7O)C(C)O6)C(C)O5)CCC4(C)C3CC(OC(C)=O)C12C. The van der Waals surface area contributed by atoms with Gasteiger partial charge < -0.3 is 72.5 Å². The minimum Gasteiger partial charge on any atom is -0.462 e. The molecule has 17 heteroatoms. The smallest absolute Gasteiger partial charge is 0.333 e. The van der Waals surface area contributed by atoms with E-state index in [2.05, 4.69) is 6.92 Å². The number of rotatable bonds is 13. The molecule has 4 N–H and O–H groups in total. The fourth-order valence-electron chi connectivity index (χ4n) is 13.8. The minimum atomic E-state index is -1.64. The molecular weight excluding hydrogens is 861 g/mol. The molecule has 378 valence electrons. The average molecular weight is 941 g/mol. The van der Waals surface area contributed by atoms with E-state index in [1.165, 1.54) is 14.0 Å². The molecule has 3 aliphatic heterocycles. The Morgan fingerprint density at radius 1 is 0.712 bits per heavy atom. The first-order valence-corrected chi connectivity index (χ1v) is 24.4. The molecule has 7 rings (SSSR count). The molecule has 3 saturated heterocycles. The first-order valence-electron chi connectivity index (χ1n) is 24.4. The molecule has 0 spiro atoms. The maximum absolute atomic E-state index is 13.0. The maximum atomic E-state index is 13.0. The number of ether oxygens (including phenoxy) is 11. The highest BCUT2D eigenvalue weighted by Crippen LogP contribution is 2.71. The number of fused-ring (bicyclic) bond motifs is 5. The summed E-state index contributed by atoms with van der Waals surface area (Å²) in [5.41, 5.74) is -4.05. The zero-order valence-electron chi connectivity index (χ0n) is 41.2. The number of allylic oxidation sites excluding steroid dienone is 1. The largest absolute Gasteiger partial charge is 0.462 e. The van der Waals surface area contributed by atoms with Crippen LogP contribution >= 0.6 is 0 Å². The lowest BCUT2D eigenvalue weighted by molar-refractivity contribution is -0.352. The molecule has 0 bridgehead atoms. The fourth-order valence-corrected chi connectivity index (χ4v) is 13.8. The summed E-state index contributed by atoms with van der Waals surface area (Å²) in [6, 6.07) is 0. The Labute approximate surface area is 390 Å². The number of aliphatic hydroxyl groups is 4. The number of hydrogen-bond acceptors (Lipinski definition) is 17. The molecule has 7 aliphatic rings. The van der Waals surface area contributed by atoms with Crippen LogP contribution in [0.5, 0.6) is 0 Å². The second-order valence-electron chi connectivity index (χ2n) is 21.1. The number of carbonyl (C=O) groups excluding carboxylic acids is 2. The van der Waals surface area contributed by atoms with Crippen molar-refractivity contribution in [3.05, 3.63) is 11.6 Å². The molecule has 0 radical (unpaired) electrons. The van der Waals surface area contributed by atoms with Gasteiger partial charge in [-0.25, -0.2) is 4.79 Å². The van der Waals surface area contributed by atoms with Crippen molar-refractivity contribution < 1.29 is 82.1 Å². The summed E-state index contributed by atoms with van der Waals surface area (Å²) in [5.74, 6) is -0.865. The molecule has 0 amide bonds. The first-order chi connectivity index (χ1) is 31.1. The second kappa shape index (κ2) is 20.1. The molecule has 0 aromatic carbocycles. The summed E-state index contributed by atoms with van der Waals surface area (Å²) >= 11 is 0. The van der Waals surface area contributed by atoms with Gasteiger partial charge in [-0.05, 0) is 116 Å². The maximum Gasteiger partial charge on any atom is 0.333 e. The Morgan fingerprint density at radius 2 is 1.33 bits per heavy atom. The Bertz CT molecular complexity index is 1730. The lowest BCUT2D eigenvalue weighted by Gasteiger charge is -2.66. The Morgan fingerprint density at radius 3 is 1.92 bits per heavy atom. The van der Waals surface area contributed by atoms with Crippen LogP contribution in [0, 0.1) is 28.6 Å². The van der Waals surface area contributed by atoms with Crippen LogP contribution < -0.4 is 0 Å². The highest BCUT2D eigenvalue weighted by Gasteiger charge is 2.77. The van der Waals surface area contributed by atoms with Crippen LogP contribution in [0.25, 0.3) is 0 Å². The van der Waals surface area contributed by atoms with Crippen molar-refractivity contribution in [2.24, 2.45) is 28.6 Å². The molecule has 4 aliphatic carbocycles. The van der Waals surface area contributed by atoms with E-state index in [0.717, 1.165) is 32.1 Å². The van der Waals surface area contributed by atoms with Crippen molar-refractivity contribution in [1.82, 2.24) is 0 Å². The van der Waals surface area contributed by atoms with Gasteiger partial charge in [0.1, 0.15) is 48.3 Å². The van der Waals surface area contributed by atoms with E-state index in [0.29, 0.717) is 31.3 Å². The number of methoxy groups -OCH3 is 3. The summed E-state index contributed by atoms with van der Waals surface area (Å²) in [4.78, 5) is 25.7. The van der Waals surface area contributed by atoms with Crippen molar-refractivity contribution in [3.8, 4) is 0 Å². The molecule has 17 nitrogen and oxygen atoms in total. The van der Waals surface area contributed by atoms with Gasteiger partial charge in [0.2, 0.25) is 0 Å². The second-order valence-corrected chi connectivity index (χ2v) is 21.1. The van der Waals surface area contributed by atoms with Crippen molar-refractivity contribution in [2.75, 3.05) is 21.3 Å². The van der Waals surface area contributed by atoms with Crippen LogP contribution in [0.15, 0.2) is 11.6 Å². The van der Waals surface area contributed by atoms with Crippen LogP contribution in [0.3, 0.4) is 0 Å². The number of esters is 2. The van der Waals surface area contributed by atoms with E-state index in [-0.39, 0.29) is 41.8 Å². The highest BCUT2D eigenvalue weighted by atomic mass is 16.8. The monoisotopic (exact) mass is 941 g/mol. The molecule has 0 aromatic heterocycles. The number of carbonyl (C=O) groups is 2. The van der Waals surface area contributed by atoms with Gasteiger partial charge in [0.15, 0.2) is 18.9 Å². The van der Waals surface area contributed by atoms with E-state index < -0.39 is 115 Å². The zero-order chi connectivity index (χ0) is 48.3. The van der Waals surface area contributed by atoms with Gasteiger partial charge in [0.05, 0.1) is 47.6 Å². The highest BCUT2D eigenvalue weighted by molar-refractivity contribution is 5.87. The first kappa shape index (κ1) is 52.0. The van der Waals surface area contributed by atoms with Crippen molar-refractivity contribution >= 4 is 11.9 Å². The molecule has 23 atom stereocenters. The van der Waals surface area contributed by atoms with Gasteiger partial charge in [-0.2, -0.15) is 0 Å². The normalized spacial score (nSPS) is 50.1. The Kier molecular flexibility index (Phi) is 15.8. The predicted molar refractivity (Wildman–Crippen MR) is 235 cm³/mol. The molecular formula is C49H80O17. The van der Waals surface area contributed by atoms with E-state index >= 15 is 0 Å². The van der Waals surface area contributed by atoms with Gasteiger partial charge >= 0.3 is 11.9 Å². The van der Waals surface area contributed by atoms with Crippen LogP contribution in [-0.4, -0.2) is 163 Å². The summed E-state index contributed by atoms with van der Waals surface area (Å²) < 4.78 is 67.6. The van der Waals surface area contributed by atoms with Gasteiger partial charge in [0.25, 0.3) is 0 Å². The lowest BCUT2D eigenvalue weighted by atomic mass is 9.42. The molecule has 3 heterocycles. The Hall–Kier alpha value is -1.84. The predicted octanol–water partition coefficient (Wildman–Crippen LogP) is 4.25. The molecule has 66 heavy (non-hydrogen) atoms. The fraction of sp³-hybridized carbons (Fsp3) is 0.918. The van der Waals surface area contributed by atoms with Gasteiger partial charge in [-0.3, -0.25) is 4.79 Å². The third-order valence-corrected chi connectivity index (χ3v) is 17.9. The molecule has 23 unspecified atom stereocenters. The average Bonchev–Trinajstić information content (AvgIpc) is 3.50. The van der Waals surface area contributed by atoms with Crippen LogP contribution in [0.4, 0.5) is 0 Å².